The predicted octanol–water partition coefficient (Wildman–Crippen LogP) is 2.95. The van der Waals surface area contributed by atoms with Crippen LogP contribution in [0.5, 0.6) is 5.75 Å². The lowest BCUT2D eigenvalue weighted by molar-refractivity contribution is 0.303. The van der Waals surface area contributed by atoms with Crippen LogP contribution >= 0.6 is 8.19 Å². The molecule has 0 spiro atoms. The van der Waals surface area contributed by atoms with Gasteiger partial charge in [-0.15, -0.1) is 8.19 Å². The maximum absolute atomic E-state index is 13.0. The van der Waals surface area contributed by atoms with Crippen molar-refractivity contribution in [2.75, 3.05) is 6.61 Å². The van der Waals surface area contributed by atoms with Crippen LogP contribution in [-0.2, 0) is 0 Å². The Morgan fingerprint density at radius 3 is 2.82 bits per heavy atom. The number of rotatable bonds is 3. The van der Waals surface area contributed by atoms with E-state index in [4.69, 9.17) is 4.74 Å². The second-order valence-electron chi connectivity index (χ2n) is 2.44. The molecule has 0 N–H and O–H groups in total. The van der Waals surface area contributed by atoms with E-state index in [1.54, 1.807) is 6.92 Å². The topological polar surface area (TPSA) is 9.23 Å². The van der Waals surface area contributed by atoms with E-state index < -0.39 is 0 Å². The van der Waals surface area contributed by atoms with Crippen molar-refractivity contribution in [3.63, 3.8) is 0 Å². The van der Waals surface area contributed by atoms with Gasteiger partial charge in [0.15, 0.2) is 11.6 Å². The van der Waals surface area contributed by atoms with Crippen LogP contribution in [0.2, 0.25) is 0 Å². The molecule has 1 aromatic rings. The molecule has 0 aliphatic rings. The Kier molecular flexibility index (Phi) is 2.95. The van der Waals surface area contributed by atoms with Gasteiger partial charge in [0.2, 0.25) is 0 Å². The van der Waals surface area contributed by atoms with Gasteiger partial charge in [-0.3, -0.25) is 0 Å². The summed E-state index contributed by atoms with van der Waals surface area (Å²) in [5.41, 5.74) is 0. The first-order chi connectivity index (χ1) is 5.25. The van der Waals surface area contributed by atoms with Gasteiger partial charge in [0, 0.05) is 11.1 Å². The Morgan fingerprint density at radius 2 is 2.36 bits per heavy atom. The normalized spacial score (nSPS) is 10.8. The first-order valence-electron chi connectivity index (χ1n) is 3.72. The average molecular weight is 174 g/mol. The minimum Gasteiger partial charge on any atom is -0.490 e. The fourth-order valence-electron chi connectivity index (χ4n) is 0.802. The molecule has 0 radical (unpaired) electrons. The van der Waals surface area contributed by atoms with E-state index in [2.05, 4.69) is 0 Å². The number of aryl methyl sites for hydroxylation is 1. The highest BCUT2D eigenvalue weighted by Crippen LogP contribution is 2.30. The lowest BCUT2D eigenvalue weighted by Crippen LogP contribution is -1.95. The average Bonchev–Trinajstić information content (AvgIpc) is 2.31. The Balaban J connectivity index is 2.63. The predicted molar refractivity (Wildman–Crippen MR) is 46.4 cm³/mol. The van der Waals surface area contributed by atoms with Gasteiger partial charge in [-0.05, 0) is 13.3 Å². The summed E-state index contributed by atoms with van der Waals surface area (Å²) in [5.74, 6) is 2.11. The van der Waals surface area contributed by atoms with E-state index in [0.717, 1.165) is 11.7 Å². The van der Waals surface area contributed by atoms with Crippen LogP contribution in [-0.4, -0.2) is 6.61 Å². The largest absolute Gasteiger partial charge is 0.490 e. The molecule has 0 saturated heterocycles. The third-order valence-electron chi connectivity index (χ3n) is 1.43. The summed E-state index contributed by atoms with van der Waals surface area (Å²) in [5, 5.41) is 0.802. The van der Waals surface area contributed by atoms with Crippen LogP contribution in [0.4, 0.5) is 4.39 Å². The van der Waals surface area contributed by atoms with Crippen molar-refractivity contribution in [1.82, 2.24) is 0 Å². The van der Waals surface area contributed by atoms with Crippen LogP contribution in [0.1, 0.15) is 18.6 Å². The SMILES string of the molecule is CCCOc1c[pH]c(C)c1F. The highest BCUT2D eigenvalue weighted by atomic mass is 31.0. The van der Waals surface area contributed by atoms with Crippen LogP contribution in [0, 0.1) is 12.7 Å². The smallest absolute Gasteiger partial charge is 0.171 e. The van der Waals surface area contributed by atoms with Crippen LogP contribution in [0.25, 0.3) is 0 Å². The van der Waals surface area contributed by atoms with Crippen molar-refractivity contribution in [3.05, 3.63) is 16.9 Å². The van der Waals surface area contributed by atoms with Gasteiger partial charge in [0.25, 0.3) is 0 Å². The van der Waals surface area contributed by atoms with E-state index in [1.807, 2.05) is 12.7 Å². The van der Waals surface area contributed by atoms with Crippen LogP contribution in [0.15, 0.2) is 5.80 Å². The summed E-state index contributed by atoms with van der Waals surface area (Å²) in [4.78, 5) is 0. The zero-order valence-corrected chi connectivity index (χ0v) is 7.78. The number of ether oxygens (including phenoxy) is 1. The first kappa shape index (κ1) is 8.61. The quantitative estimate of drug-likeness (QED) is 0.684. The highest BCUT2D eigenvalue weighted by molar-refractivity contribution is 7.30. The molecule has 62 valence electrons. The molecule has 1 rings (SSSR count). The molecule has 1 atom stereocenters. The molecule has 1 heterocycles. The summed E-state index contributed by atoms with van der Waals surface area (Å²) in [6, 6.07) is 0. The van der Waals surface area contributed by atoms with Gasteiger partial charge >= 0.3 is 0 Å². The molecule has 0 aromatic carbocycles. The molecule has 0 aliphatic heterocycles. The molecular formula is C8H12FOP. The second-order valence-corrected chi connectivity index (χ2v) is 3.77. The molecule has 0 fully saturated rings. The van der Waals surface area contributed by atoms with Crippen LogP contribution in [0.3, 0.4) is 0 Å². The molecule has 0 saturated carbocycles. The van der Waals surface area contributed by atoms with Crippen molar-refractivity contribution in [2.45, 2.75) is 20.3 Å². The minimum absolute atomic E-state index is 0.156. The zero-order valence-electron chi connectivity index (χ0n) is 6.78. The molecule has 11 heavy (non-hydrogen) atoms. The lowest BCUT2D eigenvalue weighted by Gasteiger charge is -2.00. The lowest BCUT2D eigenvalue weighted by atomic mass is 10.4. The Morgan fingerprint density at radius 1 is 1.64 bits per heavy atom. The van der Waals surface area contributed by atoms with Crippen molar-refractivity contribution < 1.29 is 9.13 Å². The summed E-state index contributed by atoms with van der Waals surface area (Å²) in [6.07, 6.45) is 0.923. The maximum Gasteiger partial charge on any atom is 0.171 e. The molecular weight excluding hydrogens is 162 g/mol. The molecule has 0 bridgehead atoms. The van der Waals surface area contributed by atoms with Gasteiger partial charge in [0.05, 0.1) is 6.61 Å². The summed E-state index contributed by atoms with van der Waals surface area (Å²) >= 11 is 0. The zero-order chi connectivity index (χ0) is 8.27. The Bertz CT molecular complexity index is 232. The fourth-order valence-corrected chi connectivity index (χ4v) is 1.61. The second kappa shape index (κ2) is 3.77. The molecule has 1 aromatic heterocycles. The van der Waals surface area contributed by atoms with E-state index in [-0.39, 0.29) is 5.82 Å². The number of halogens is 1. The fraction of sp³-hybridized carbons (Fsp3) is 0.500. The molecule has 0 amide bonds. The van der Waals surface area contributed by atoms with Crippen molar-refractivity contribution >= 4 is 8.19 Å². The monoisotopic (exact) mass is 174 g/mol. The van der Waals surface area contributed by atoms with Gasteiger partial charge in [-0.1, -0.05) is 6.92 Å². The Hall–Kier alpha value is -0.490. The van der Waals surface area contributed by atoms with E-state index in [9.17, 15) is 4.39 Å². The number of hydrogen-bond acceptors (Lipinski definition) is 1. The standard InChI is InChI=1S/C8H12FOP/c1-3-4-10-7-5-11-6(2)8(7)9/h5,11H,3-4H2,1-2H3. The molecule has 1 nitrogen and oxygen atoms in total. The third-order valence-corrected chi connectivity index (χ3v) is 2.49. The molecule has 1 unspecified atom stereocenters. The van der Waals surface area contributed by atoms with Gasteiger partial charge < -0.3 is 4.74 Å². The van der Waals surface area contributed by atoms with Crippen molar-refractivity contribution in [3.8, 4) is 5.75 Å². The molecule has 0 aliphatic carbocycles. The summed E-state index contributed by atoms with van der Waals surface area (Å²) < 4.78 is 18.2. The number of hydrogen-bond donors (Lipinski definition) is 0. The van der Waals surface area contributed by atoms with Gasteiger partial charge in [0.1, 0.15) is 0 Å². The van der Waals surface area contributed by atoms with E-state index in [1.165, 1.54) is 0 Å². The van der Waals surface area contributed by atoms with Gasteiger partial charge in [-0.25, -0.2) is 4.39 Å². The van der Waals surface area contributed by atoms with Gasteiger partial charge in [-0.2, -0.15) is 0 Å². The third kappa shape index (κ3) is 1.97. The highest BCUT2D eigenvalue weighted by Gasteiger charge is 2.06. The van der Waals surface area contributed by atoms with Crippen molar-refractivity contribution in [2.24, 2.45) is 0 Å². The summed E-state index contributed by atoms with van der Waals surface area (Å²) in [6.45, 7) is 4.41. The minimum atomic E-state index is -0.156. The van der Waals surface area contributed by atoms with E-state index in [0.29, 0.717) is 20.5 Å². The van der Waals surface area contributed by atoms with Crippen molar-refractivity contribution in [1.29, 1.82) is 0 Å². The Labute approximate surface area is 67.7 Å². The van der Waals surface area contributed by atoms with Crippen LogP contribution < -0.4 is 4.74 Å². The summed E-state index contributed by atoms with van der Waals surface area (Å²) in [7, 11) is 0.472. The maximum atomic E-state index is 13.0. The molecule has 3 heteroatoms. The first-order valence-corrected chi connectivity index (χ1v) is 4.79. The van der Waals surface area contributed by atoms with E-state index >= 15 is 0 Å².